The maximum Gasteiger partial charge on any atom is 0.359 e. The SMILES string of the molecule is COC[C@H](C(=O)Nc1cccc2c1CC=C2c1nc(Nc2ccc3c(C(=O)OC)n[nH]c3c2)ncc1C)N1CCN(C)CC1.COC[C@H](C(=O)Nc1cccc2c1CC=C2c1nc(Nc2ccc3c(CO)ncn3c2)ncc1C)N1CCN(C)CC1.COC[C@H](C(=O)Nc1cccc2c1CC=C2c1nc(Nc2ccc3nc[nH]c3c2)ncc1C)N1CCN(C)CC1. The normalized spacial score (nSPS) is 16.3. The van der Waals surface area contributed by atoms with Gasteiger partial charge in [0.1, 0.15) is 18.1 Å². The zero-order chi connectivity index (χ0) is 87.6. The number of piperazine rings is 3. The average Bonchev–Trinajstić information content (AvgIpc) is 1.62. The second-order valence-electron chi connectivity index (χ2n) is 32.4. The maximum absolute atomic E-state index is 13.5. The van der Waals surface area contributed by atoms with Crippen LogP contribution in [0.2, 0.25) is 0 Å². The first-order valence-electron chi connectivity index (χ1n) is 42.3. The molecule has 126 heavy (non-hydrogen) atoms. The number of rotatable bonds is 26. The lowest BCUT2D eigenvalue weighted by atomic mass is 9.99. The Balaban J connectivity index is 0.000000139. The van der Waals surface area contributed by atoms with Crippen molar-refractivity contribution in [1.82, 2.24) is 88.9 Å². The second-order valence-corrected chi connectivity index (χ2v) is 32.4. The number of anilines is 9. The Bertz CT molecular complexity index is 6120. The highest BCUT2D eigenvalue weighted by atomic mass is 16.5. The van der Waals surface area contributed by atoms with E-state index in [0.29, 0.717) is 73.5 Å². The molecule has 0 bridgehead atoms. The monoisotopic (exact) mass is 1700 g/mol. The molecule has 33 nitrogen and oxygen atoms in total. The number of hydrogen-bond acceptors (Lipinski definition) is 27. The molecule has 3 fully saturated rings. The van der Waals surface area contributed by atoms with E-state index in [1.54, 1.807) is 46.2 Å². The van der Waals surface area contributed by atoms with Crippen LogP contribution in [0.3, 0.4) is 0 Å². The average molecular weight is 1700 g/mol. The summed E-state index contributed by atoms with van der Waals surface area (Å²) in [5, 5.41) is 36.6. The number of amides is 3. The van der Waals surface area contributed by atoms with Crippen LogP contribution < -0.4 is 31.9 Å². The molecule has 10 heterocycles. The third kappa shape index (κ3) is 19.2. The lowest BCUT2D eigenvalue weighted by Crippen LogP contribution is -2.54. The van der Waals surface area contributed by atoms with Crippen LogP contribution in [0, 0.1) is 20.8 Å². The van der Waals surface area contributed by atoms with Gasteiger partial charge in [-0.1, -0.05) is 54.6 Å². The summed E-state index contributed by atoms with van der Waals surface area (Å²) in [6.45, 7) is 17.5. The summed E-state index contributed by atoms with van der Waals surface area (Å²) < 4.78 is 23.0. The smallest absolute Gasteiger partial charge is 0.359 e. The number of nitrogens with one attached hydrogen (secondary N) is 8. The van der Waals surface area contributed by atoms with E-state index < -0.39 is 5.97 Å². The Morgan fingerprint density at radius 2 is 0.881 bits per heavy atom. The molecule has 33 heteroatoms. The van der Waals surface area contributed by atoms with E-state index in [2.05, 4.69) is 159 Å². The fourth-order valence-corrected chi connectivity index (χ4v) is 17.0. The summed E-state index contributed by atoms with van der Waals surface area (Å²) in [4.78, 5) is 106. The predicted octanol–water partition coefficient (Wildman–Crippen LogP) is 9.83. The van der Waals surface area contributed by atoms with Gasteiger partial charge in [0.05, 0.1) is 96.7 Å². The van der Waals surface area contributed by atoms with Gasteiger partial charge >= 0.3 is 5.97 Å². The number of pyridine rings is 1. The number of esters is 1. The van der Waals surface area contributed by atoms with Gasteiger partial charge in [0.15, 0.2) is 5.69 Å². The fraction of sp³-hybridized carbons (Fsp3) is 0.344. The van der Waals surface area contributed by atoms with Gasteiger partial charge in [-0.3, -0.25) is 34.2 Å². The molecule has 0 spiro atoms. The zero-order valence-corrected chi connectivity index (χ0v) is 72.5. The van der Waals surface area contributed by atoms with Crippen LogP contribution in [0.15, 0.2) is 159 Å². The first-order chi connectivity index (χ1) is 61.3. The maximum atomic E-state index is 13.5. The third-order valence-electron chi connectivity index (χ3n) is 24.1. The number of likely N-dealkylation sites (N-methyl/N-ethyl adjacent to an activating group) is 3. The molecule has 3 atom stereocenters. The molecule has 3 amide bonds. The fourth-order valence-electron chi connectivity index (χ4n) is 17.0. The molecule has 3 saturated heterocycles. The molecule has 5 aromatic carbocycles. The Kier molecular flexibility index (Phi) is 26.9. The molecule has 3 aliphatic carbocycles. The lowest BCUT2D eigenvalue weighted by molar-refractivity contribution is -0.124. The number of carbonyl (C=O) groups excluding carboxylic acids is 4. The third-order valence-corrected chi connectivity index (χ3v) is 24.1. The summed E-state index contributed by atoms with van der Waals surface area (Å²) in [6, 6.07) is 32.3. The van der Waals surface area contributed by atoms with Crippen LogP contribution >= 0.6 is 0 Å². The van der Waals surface area contributed by atoms with Crippen LogP contribution in [0.4, 0.5) is 52.0 Å². The molecule has 3 aliphatic heterocycles. The Morgan fingerprint density at radius 1 is 0.476 bits per heavy atom. The van der Waals surface area contributed by atoms with Gasteiger partial charge in [0.2, 0.25) is 35.6 Å². The number of methoxy groups -OCH3 is 4. The van der Waals surface area contributed by atoms with Gasteiger partial charge in [-0.05, 0) is 178 Å². The number of aliphatic hydroxyl groups excluding tert-OH is 1. The van der Waals surface area contributed by atoms with Crippen molar-refractivity contribution in [3.8, 4) is 0 Å². The largest absolute Gasteiger partial charge is 0.464 e. The summed E-state index contributed by atoms with van der Waals surface area (Å²) >= 11 is 0. The number of ether oxygens (including phenoxy) is 4. The summed E-state index contributed by atoms with van der Waals surface area (Å²) in [5.41, 5.74) is 24.0. The van der Waals surface area contributed by atoms with Gasteiger partial charge in [-0.15, -0.1) is 0 Å². The molecule has 0 unspecified atom stereocenters. The highest BCUT2D eigenvalue weighted by molar-refractivity contribution is 6.03. The number of aromatic nitrogens is 12. The van der Waals surface area contributed by atoms with Crippen molar-refractivity contribution in [1.29, 1.82) is 0 Å². The predicted molar refractivity (Wildman–Crippen MR) is 487 cm³/mol. The first kappa shape index (κ1) is 86.6. The number of carbonyl (C=O) groups is 4. The van der Waals surface area contributed by atoms with E-state index in [0.717, 1.165) is 213 Å². The number of fused-ring (bicyclic) bond motifs is 6. The molecule has 12 aromatic rings. The standard InChI is InChI=1S/C32H36N8O4.C31H36N8O3.C30H34N8O2/c1-19-17-33-32(34-20-8-9-24-26(16-20)37-38-29(24)31(42)44-4)36-28(19)23-11-10-22-21(23)6-5-7-25(22)35-30(41)27(18-43-3)40-14-12-39(2)13-15-40;1-20-15-32-31(34-21-7-10-27-26(17-40)33-19-39(27)16-21)36-29(20)24-9-8-23-22(24)5-4-6-25(23)35-30(41)28(18-42-3)38-13-11-37(2)12-14-38;1-19-16-31-30(34-20-7-10-25-26(15-20)33-18-32-25)36-28(19)23-9-8-22-21(23)5-4-6-24(22)35-29(39)27(17-40-3)38-13-11-37(2)12-14-38/h5-9,11,16-17,27H,10,12-15,18H2,1-4H3,(H,35,41)(H,37,38)(H,33,34,36);4-7,9-10,15-16,19,28,40H,8,11-14,17-18H2,1-3H3,(H,35,41)(H,32,34,36);4-7,9-10,15-16,18,27H,8,11-14,17H2,1-3H3,(H,32,33)(H,35,39)(H,31,34,36)/t27-;28-;27-/m111/s1. The van der Waals surface area contributed by atoms with Crippen LogP contribution in [0.1, 0.15) is 83.3 Å². The molecule has 7 aromatic heterocycles. The van der Waals surface area contributed by atoms with Crippen LogP contribution in [0.5, 0.6) is 0 Å². The van der Waals surface area contributed by atoms with Crippen molar-refractivity contribution < 1.29 is 43.2 Å². The van der Waals surface area contributed by atoms with Gasteiger partial charge < -0.3 is 80.0 Å². The Hall–Kier alpha value is -12.9. The topological polar surface area (TPSA) is 369 Å². The van der Waals surface area contributed by atoms with E-state index in [4.69, 9.17) is 33.9 Å². The van der Waals surface area contributed by atoms with Crippen molar-refractivity contribution in [2.24, 2.45) is 0 Å². The molecule has 652 valence electrons. The highest BCUT2D eigenvalue weighted by Crippen LogP contribution is 2.42. The number of aromatic amines is 2. The molecule has 6 aliphatic rings. The molecule has 0 radical (unpaired) electrons. The number of aliphatic hydroxyl groups is 1. The van der Waals surface area contributed by atoms with Crippen molar-refractivity contribution in [3.63, 3.8) is 0 Å². The van der Waals surface area contributed by atoms with Crippen LogP contribution in [-0.2, 0) is 59.2 Å². The summed E-state index contributed by atoms with van der Waals surface area (Å²) in [5.74, 6) is 0.794. The summed E-state index contributed by atoms with van der Waals surface area (Å²) in [7, 11) is 12.6. The van der Waals surface area contributed by atoms with Crippen molar-refractivity contribution in [3.05, 3.63) is 237 Å². The quantitative estimate of drug-likeness (QED) is 0.0228. The van der Waals surface area contributed by atoms with Crippen LogP contribution in [0.25, 0.3) is 44.2 Å². The van der Waals surface area contributed by atoms with Gasteiger partial charge in [-0.25, -0.2) is 44.7 Å². The highest BCUT2D eigenvalue weighted by Gasteiger charge is 2.35. The molecule has 0 saturated carbocycles. The van der Waals surface area contributed by atoms with E-state index >= 15 is 0 Å². The summed E-state index contributed by atoms with van der Waals surface area (Å²) in [6.07, 6.45) is 19.3. The molecular weight excluding hydrogens is 1600 g/mol. The minimum absolute atomic E-state index is 0.0350. The van der Waals surface area contributed by atoms with Crippen molar-refractivity contribution in [2.75, 3.05) is 180 Å². The van der Waals surface area contributed by atoms with E-state index in [1.165, 1.54) is 7.11 Å². The number of aryl methyl sites for hydroxylation is 3. The van der Waals surface area contributed by atoms with Crippen molar-refractivity contribution >= 4 is 120 Å². The number of benzene rings is 5. The Labute approximate surface area is 730 Å². The number of H-pyrrole nitrogens is 2. The molecule has 18 rings (SSSR count). The Morgan fingerprint density at radius 3 is 1.29 bits per heavy atom. The number of nitrogens with zero attached hydrogens (tertiary/aromatic N) is 16. The second kappa shape index (κ2) is 39.1. The first-order valence-corrected chi connectivity index (χ1v) is 42.3. The minimum Gasteiger partial charge on any atom is -0.464 e. The zero-order valence-electron chi connectivity index (χ0n) is 72.5. The number of allylic oxidation sites excluding steroid dienone is 3. The molecule has 9 N–H and O–H groups in total. The van der Waals surface area contributed by atoms with Gasteiger partial charge in [-0.2, -0.15) is 5.10 Å². The van der Waals surface area contributed by atoms with E-state index in [1.807, 2.05) is 123 Å². The van der Waals surface area contributed by atoms with Gasteiger partial charge in [0.25, 0.3) is 0 Å². The van der Waals surface area contributed by atoms with E-state index in [9.17, 15) is 24.3 Å². The molecular formula is C93H106N24O9. The number of hydrogen-bond donors (Lipinski definition) is 9. The van der Waals surface area contributed by atoms with Crippen molar-refractivity contribution in [2.45, 2.75) is 64.8 Å². The van der Waals surface area contributed by atoms with E-state index in [-0.39, 0.29) is 48.1 Å². The van der Waals surface area contributed by atoms with Gasteiger partial charge in [0, 0.05) is 175 Å². The minimum atomic E-state index is -0.499. The lowest BCUT2D eigenvalue weighted by Gasteiger charge is -2.36. The number of imidazole rings is 2. The van der Waals surface area contributed by atoms with Crippen LogP contribution in [-0.4, -0.2) is 284 Å².